The second-order valence-corrected chi connectivity index (χ2v) is 6.11. The number of carbonyl (C=O) groups is 1. The number of nitrogens with zero attached hydrogens (tertiary/aromatic N) is 7. The van der Waals surface area contributed by atoms with Gasteiger partial charge in [0.2, 0.25) is 5.88 Å². The van der Waals surface area contributed by atoms with E-state index in [-0.39, 0.29) is 11.6 Å². The Bertz CT molecular complexity index is 1240. The highest BCUT2D eigenvalue weighted by molar-refractivity contribution is 6.04. The zero-order valence-corrected chi connectivity index (χ0v) is 15.6. The first-order valence-electron chi connectivity index (χ1n) is 8.58. The number of nitriles is 1. The number of rotatable bonds is 4. The SMILES string of the molecule is COc1cncc(-c2cnc3cnc(C(=O)N(C)c4ccc(C#N)cc4)cn23)n1. The molecule has 142 valence electrons. The molecule has 3 aromatic heterocycles. The van der Waals surface area contributed by atoms with Gasteiger partial charge in [-0.3, -0.25) is 14.2 Å². The number of carbonyl (C=O) groups excluding carboxylic acids is 1. The predicted molar refractivity (Wildman–Crippen MR) is 104 cm³/mol. The fraction of sp³-hybridized carbons (Fsp3) is 0.100. The van der Waals surface area contributed by atoms with E-state index in [1.165, 1.54) is 24.4 Å². The van der Waals surface area contributed by atoms with Crippen LogP contribution in [0.1, 0.15) is 16.1 Å². The van der Waals surface area contributed by atoms with Crippen molar-refractivity contribution >= 4 is 17.2 Å². The Labute approximate surface area is 165 Å². The molecule has 4 aromatic rings. The van der Waals surface area contributed by atoms with Crippen molar-refractivity contribution in [3.8, 4) is 23.3 Å². The monoisotopic (exact) mass is 385 g/mol. The molecular weight excluding hydrogens is 370 g/mol. The first-order valence-corrected chi connectivity index (χ1v) is 8.58. The number of imidazole rings is 1. The van der Waals surface area contributed by atoms with E-state index >= 15 is 0 Å². The molecule has 0 aliphatic rings. The van der Waals surface area contributed by atoms with Crippen molar-refractivity contribution < 1.29 is 9.53 Å². The van der Waals surface area contributed by atoms with Crippen LogP contribution in [-0.4, -0.2) is 44.4 Å². The molecular formula is C20H15N7O2. The van der Waals surface area contributed by atoms with Gasteiger partial charge < -0.3 is 9.64 Å². The van der Waals surface area contributed by atoms with Gasteiger partial charge in [-0.15, -0.1) is 0 Å². The summed E-state index contributed by atoms with van der Waals surface area (Å²) in [5.74, 6) is 0.0799. The molecule has 0 N–H and O–H groups in total. The van der Waals surface area contributed by atoms with E-state index in [2.05, 4.69) is 26.0 Å². The maximum absolute atomic E-state index is 12.9. The Morgan fingerprint density at radius 1 is 1.14 bits per heavy atom. The average molecular weight is 385 g/mol. The summed E-state index contributed by atoms with van der Waals surface area (Å²) in [6.45, 7) is 0. The molecule has 29 heavy (non-hydrogen) atoms. The third-order valence-electron chi connectivity index (χ3n) is 4.39. The number of aromatic nitrogens is 5. The van der Waals surface area contributed by atoms with Crippen molar-refractivity contribution in [2.75, 3.05) is 19.1 Å². The maximum Gasteiger partial charge on any atom is 0.278 e. The lowest BCUT2D eigenvalue weighted by Gasteiger charge is -2.17. The molecule has 0 aliphatic heterocycles. The van der Waals surface area contributed by atoms with Crippen LogP contribution in [0.15, 0.2) is 55.2 Å². The number of benzene rings is 1. The van der Waals surface area contributed by atoms with Gasteiger partial charge in [-0.05, 0) is 24.3 Å². The van der Waals surface area contributed by atoms with Crippen LogP contribution >= 0.6 is 0 Å². The Morgan fingerprint density at radius 3 is 2.66 bits per heavy atom. The minimum Gasteiger partial charge on any atom is -0.480 e. The van der Waals surface area contributed by atoms with E-state index in [4.69, 9.17) is 10.00 Å². The maximum atomic E-state index is 12.9. The Kier molecular flexibility index (Phi) is 4.58. The molecule has 0 atom stereocenters. The molecule has 4 rings (SSSR count). The predicted octanol–water partition coefficient (Wildman–Crippen LogP) is 2.34. The van der Waals surface area contributed by atoms with E-state index < -0.39 is 0 Å². The van der Waals surface area contributed by atoms with Gasteiger partial charge in [0, 0.05) is 18.9 Å². The van der Waals surface area contributed by atoms with Gasteiger partial charge >= 0.3 is 0 Å². The lowest BCUT2D eigenvalue weighted by atomic mass is 10.2. The van der Waals surface area contributed by atoms with Gasteiger partial charge in [-0.1, -0.05) is 0 Å². The van der Waals surface area contributed by atoms with E-state index in [0.717, 1.165) is 0 Å². The molecule has 0 fully saturated rings. The fourth-order valence-corrected chi connectivity index (χ4v) is 2.81. The van der Waals surface area contributed by atoms with Crippen LogP contribution in [0.25, 0.3) is 17.0 Å². The average Bonchev–Trinajstić information content (AvgIpc) is 3.21. The lowest BCUT2D eigenvalue weighted by Crippen LogP contribution is -2.27. The minimum atomic E-state index is -0.298. The van der Waals surface area contributed by atoms with Gasteiger partial charge in [0.1, 0.15) is 11.4 Å². The highest BCUT2D eigenvalue weighted by atomic mass is 16.5. The molecule has 0 saturated heterocycles. The van der Waals surface area contributed by atoms with Crippen LogP contribution in [0.4, 0.5) is 5.69 Å². The third kappa shape index (κ3) is 3.35. The number of methoxy groups -OCH3 is 1. The number of hydrogen-bond donors (Lipinski definition) is 0. The van der Waals surface area contributed by atoms with E-state index in [9.17, 15) is 4.79 Å². The number of hydrogen-bond acceptors (Lipinski definition) is 7. The van der Waals surface area contributed by atoms with Crippen molar-refractivity contribution in [2.45, 2.75) is 0 Å². The summed E-state index contributed by atoms with van der Waals surface area (Å²) in [4.78, 5) is 31.4. The van der Waals surface area contributed by atoms with Gasteiger partial charge in [0.05, 0.1) is 49.2 Å². The first-order chi connectivity index (χ1) is 14.1. The fourth-order valence-electron chi connectivity index (χ4n) is 2.81. The number of ether oxygens (including phenoxy) is 1. The van der Waals surface area contributed by atoms with Crippen molar-refractivity contribution in [3.63, 3.8) is 0 Å². The number of fused-ring (bicyclic) bond motifs is 1. The first kappa shape index (κ1) is 18.1. The summed E-state index contributed by atoms with van der Waals surface area (Å²) in [5.41, 5.74) is 3.20. The molecule has 0 spiro atoms. The van der Waals surface area contributed by atoms with Crippen molar-refractivity contribution in [1.82, 2.24) is 24.3 Å². The Balaban J connectivity index is 1.71. The summed E-state index contributed by atoms with van der Waals surface area (Å²) in [5, 5.41) is 8.92. The minimum absolute atomic E-state index is 0.236. The van der Waals surface area contributed by atoms with Gasteiger partial charge in [0.25, 0.3) is 5.91 Å². The normalized spacial score (nSPS) is 10.5. The second kappa shape index (κ2) is 7.36. The van der Waals surface area contributed by atoms with Crippen LogP contribution in [0.5, 0.6) is 5.88 Å². The second-order valence-electron chi connectivity index (χ2n) is 6.11. The van der Waals surface area contributed by atoms with Crippen molar-refractivity contribution in [3.05, 3.63) is 66.5 Å². The molecule has 3 heterocycles. The molecule has 0 radical (unpaired) electrons. The molecule has 0 aliphatic carbocycles. The summed E-state index contributed by atoms with van der Waals surface area (Å²) in [6, 6.07) is 8.79. The third-order valence-corrected chi connectivity index (χ3v) is 4.39. The van der Waals surface area contributed by atoms with Crippen LogP contribution in [0.2, 0.25) is 0 Å². The molecule has 1 amide bonds. The smallest absolute Gasteiger partial charge is 0.278 e. The quantitative estimate of drug-likeness (QED) is 0.530. The molecule has 0 saturated carbocycles. The lowest BCUT2D eigenvalue weighted by molar-refractivity contribution is 0.0988. The van der Waals surface area contributed by atoms with Crippen LogP contribution < -0.4 is 9.64 Å². The van der Waals surface area contributed by atoms with Crippen LogP contribution in [0, 0.1) is 11.3 Å². The topological polar surface area (TPSA) is 109 Å². The standard InChI is InChI=1S/C20H15N7O2/c1-26(14-5-3-13(7-21)4-6-14)20(28)16-12-27-17(9-24-18(27)10-23-16)15-8-22-11-19(25-15)29-2/h3-6,8-12H,1-2H3. The van der Waals surface area contributed by atoms with Crippen LogP contribution in [-0.2, 0) is 0 Å². The summed E-state index contributed by atoms with van der Waals surface area (Å²) in [6.07, 6.45) is 7.88. The van der Waals surface area contributed by atoms with E-state index in [1.54, 1.807) is 54.3 Å². The van der Waals surface area contributed by atoms with Crippen molar-refractivity contribution in [1.29, 1.82) is 5.26 Å². The number of amides is 1. The highest BCUT2D eigenvalue weighted by Crippen LogP contribution is 2.21. The summed E-state index contributed by atoms with van der Waals surface area (Å²) < 4.78 is 6.86. The van der Waals surface area contributed by atoms with Gasteiger partial charge in [-0.25, -0.2) is 15.0 Å². The highest BCUT2D eigenvalue weighted by Gasteiger charge is 2.17. The Hall–Kier alpha value is -4.32. The summed E-state index contributed by atoms with van der Waals surface area (Å²) in [7, 11) is 3.17. The number of anilines is 1. The molecule has 0 unspecified atom stereocenters. The summed E-state index contributed by atoms with van der Waals surface area (Å²) >= 11 is 0. The molecule has 9 nitrogen and oxygen atoms in total. The van der Waals surface area contributed by atoms with Crippen molar-refractivity contribution in [2.24, 2.45) is 0 Å². The Morgan fingerprint density at radius 2 is 1.93 bits per heavy atom. The van der Waals surface area contributed by atoms with Crippen LogP contribution in [0.3, 0.4) is 0 Å². The molecule has 0 bridgehead atoms. The van der Waals surface area contributed by atoms with Gasteiger partial charge in [-0.2, -0.15) is 5.26 Å². The largest absolute Gasteiger partial charge is 0.480 e. The van der Waals surface area contributed by atoms with E-state index in [0.29, 0.717) is 34.2 Å². The molecule has 9 heteroatoms. The zero-order chi connectivity index (χ0) is 20.4. The molecule has 1 aromatic carbocycles. The van der Waals surface area contributed by atoms with Gasteiger partial charge in [0.15, 0.2) is 5.65 Å². The van der Waals surface area contributed by atoms with E-state index in [1.807, 2.05) is 0 Å². The zero-order valence-electron chi connectivity index (χ0n) is 15.6.